The third-order valence-electron chi connectivity index (χ3n) is 8.87. The van der Waals surface area contributed by atoms with Crippen molar-refractivity contribution in [1.29, 1.82) is 0 Å². The van der Waals surface area contributed by atoms with Crippen molar-refractivity contribution < 1.29 is 8.98 Å². The fourth-order valence-electron chi connectivity index (χ4n) is 6.45. The quantitative estimate of drug-likeness (QED) is 0.232. The summed E-state index contributed by atoms with van der Waals surface area (Å²) < 4.78 is 9.00. The van der Waals surface area contributed by atoms with E-state index in [2.05, 4.69) is 115 Å². The normalized spacial score (nSPS) is 16.8. The molecule has 3 aromatic carbocycles. The van der Waals surface area contributed by atoms with Crippen molar-refractivity contribution in [2.45, 2.75) is 78.1 Å². The van der Waals surface area contributed by atoms with E-state index in [4.69, 9.17) is 4.42 Å². The zero-order chi connectivity index (χ0) is 25.6. The summed E-state index contributed by atoms with van der Waals surface area (Å²) in [6.07, 6.45) is 4.60. The molecule has 0 fully saturated rings. The highest BCUT2D eigenvalue weighted by molar-refractivity contribution is 6.14. The summed E-state index contributed by atoms with van der Waals surface area (Å²) in [5.41, 5.74) is 10.3. The standard InChI is InChI=1S/C34H38NO/c1-20(2)22-13-16-35(8)28(18-22)30-21(3)9-11-24-26-17-23-10-12-27-31(25(23)19-29(26)36-32(24)30)34(6,7)15-14-33(27,4)5/h9-13,16-20H,14-15H2,1-8H3/q+1. The van der Waals surface area contributed by atoms with Crippen LogP contribution >= 0.6 is 0 Å². The van der Waals surface area contributed by atoms with E-state index in [0.29, 0.717) is 5.92 Å². The van der Waals surface area contributed by atoms with Crippen molar-refractivity contribution in [1.82, 2.24) is 0 Å². The van der Waals surface area contributed by atoms with Gasteiger partial charge in [0.2, 0.25) is 5.69 Å². The number of aryl methyl sites for hydroxylation is 2. The maximum absolute atomic E-state index is 6.78. The molecule has 0 atom stereocenters. The Morgan fingerprint density at radius 1 is 0.833 bits per heavy atom. The largest absolute Gasteiger partial charge is 0.455 e. The Kier molecular flexibility index (Phi) is 4.97. The number of benzene rings is 3. The van der Waals surface area contributed by atoms with Gasteiger partial charge in [0, 0.05) is 22.9 Å². The van der Waals surface area contributed by atoms with Crippen LogP contribution in [0.5, 0.6) is 0 Å². The predicted molar refractivity (Wildman–Crippen MR) is 152 cm³/mol. The molecule has 0 radical (unpaired) electrons. The van der Waals surface area contributed by atoms with E-state index in [-0.39, 0.29) is 10.8 Å². The Hall–Kier alpha value is -3.13. The third-order valence-corrected chi connectivity index (χ3v) is 8.87. The summed E-state index contributed by atoms with van der Waals surface area (Å²) in [5, 5.41) is 5.06. The molecule has 184 valence electrons. The van der Waals surface area contributed by atoms with Gasteiger partial charge in [-0.15, -0.1) is 0 Å². The highest BCUT2D eigenvalue weighted by Crippen LogP contribution is 2.49. The number of pyridine rings is 1. The topological polar surface area (TPSA) is 17.0 Å². The van der Waals surface area contributed by atoms with Crippen LogP contribution < -0.4 is 4.57 Å². The molecule has 2 heterocycles. The van der Waals surface area contributed by atoms with Crippen LogP contribution in [0.4, 0.5) is 0 Å². The minimum absolute atomic E-state index is 0.150. The number of nitrogens with zero attached hydrogens (tertiary/aromatic N) is 1. The summed E-state index contributed by atoms with van der Waals surface area (Å²) in [4.78, 5) is 0. The number of hydrogen-bond donors (Lipinski definition) is 0. The van der Waals surface area contributed by atoms with Crippen molar-refractivity contribution in [3.63, 3.8) is 0 Å². The van der Waals surface area contributed by atoms with Crippen LogP contribution in [-0.2, 0) is 17.9 Å². The molecule has 0 spiro atoms. The third kappa shape index (κ3) is 3.34. The van der Waals surface area contributed by atoms with Gasteiger partial charge in [0.1, 0.15) is 18.2 Å². The van der Waals surface area contributed by atoms with Gasteiger partial charge in [-0.05, 0) is 81.7 Å². The summed E-state index contributed by atoms with van der Waals surface area (Å²) in [6.45, 7) is 16.3. The summed E-state index contributed by atoms with van der Waals surface area (Å²) in [7, 11) is 2.13. The maximum atomic E-state index is 6.78. The molecular weight excluding hydrogens is 438 g/mol. The van der Waals surface area contributed by atoms with E-state index in [1.807, 2.05) is 0 Å². The smallest absolute Gasteiger partial charge is 0.216 e. The van der Waals surface area contributed by atoms with E-state index < -0.39 is 0 Å². The number of aromatic nitrogens is 1. The van der Waals surface area contributed by atoms with E-state index in [1.165, 1.54) is 67.9 Å². The average molecular weight is 477 g/mol. The highest BCUT2D eigenvalue weighted by Gasteiger charge is 2.38. The molecule has 2 heteroatoms. The van der Waals surface area contributed by atoms with Gasteiger partial charge >= 0.3 is 0 Å². The van der Waals surface area contributed by atoms with Crippen molar-refractivity contribution in [2.75, 3.05) is 0 Å². The SMILES string of the molecule is Cc1ccc2c(oc3cc4c5c(ccc4cc32)C(C)(C)CCC5(C)C)c1-c1cc(C(C)C)cc[n+]1C. The molecule has 36 heavy (non-hydrogen) atoms. The lowest BCUT2D eigenvalue weighted by Crippen LogP contribution is -2.34. The van der Waals surface area contributed by atoms with Crippen LogP contribution in [0.2, 0.25) is 0 Å². The second kappa shape index (κ2) is 7.68. The molecule has 0 bridgehead atoms. The molecule has 0 unspecified atom stereocenters. The zero-order valence-corrected chi connectivity index (χ0v) is 23.0. The van der Waals surface area contributed by atoms with Gasteiger partial charge in [0.05, 0.1) is 5.56 Å². The van der Waals surface area contributed by atoms with Crippen LogP contribution in [0.15, 0.2) is 59.1 Å². The second-order valence-corrected chi connectivity index (χ2v) is 12.7. The molecule has 0 amide bonds. The fourth-order valence-corrected chi connectivity index (χ4v) is 6.45. The number of furan rings is 1. The summed E-state index contributed by atoms with van der Waals surface area (Å²) in [5.74, 6) is 0.476. The Labute approximate surface area is 214 Å². The molecule has 0 aliphatic heterocycles. The van der Waals surface area contributed by atoms with Gasteiger partial charge < -0.3 is 4.42 Å². The monoisotopic (exact) mass is 476 g/mol. The number of hydrogen-bond acceptors (Lipinski definition) is 1. The maximum Gasteiger partial charge on any atom is 0.216 e. The Morgan fingerprint density at radius 2 is 1.58 bits per heavy atom. The first-order valence-electron chi connectivity index (χ1n) is 13.4. The van der Waals surface area contributed by atoms with Gasteiger partial charge in [-0.1, -0.05) is 65.8 Å². The first-order chi connectivity index (χ1) is 17.0. The molecule has 0 saturated heterocycles. The first-order valence-corrected chi connectivity index (χ1v) is 13.4. The molecule has 1 aliphatic rings. The number of fused-ring (bicyclic) bond motifs is 6. The van der Waals surface area contributed by atoms with Crippen molar-refractivity contribution in [3.8, 4) is 11.3 Å². The molecule has 6 rings (SSSR count). The molecular formula is C34H38NO+. The van der Waals surface area contributed by atoms with Gasteiger partial charge in [0.25, 0.3) is 0 Å². The molecule has 2 aromatic heterocycles. The summed E-state index contributed by atoms with van der Waals surface area (Å²) in [6, 6.07) is 18.4. The van der Waals surface area contributed by atoms with Gasteiger partial charge in [0.15, 0.2) is 6.20 Å². The average Bonchev–Trinajstić information content (AvgIpc) is 3.17. The first kappa shape index (κ1) is 23.3. The summed E-state index contributed by atoms with van der Waals surface area (Å²) >= 11 is 0. The van der Waals surface area contributed by atoms with E-state index in [0.717, 1.165) is 11.2 Å². The van der Waals surface area contributed by atoms with Crippen molar-refractivity contribution >= 4 is 32.7 Å². The molecule has 0 saturated carbocycles. The Morgan fingerprint density at radius 3 is 2.33 bits per heavy atom. The lowest BCUT2D eigenvalue weighted by atomic mass is 9.62. The number of rotatable bonds is 2. The predicted octanol–water partition coefficient (Wildman–Crippen LogP) is 9.01. The van der Waals surface area contributed by atoms with E-state index in [9.17, 15) is 0 Å². The van der Waals surface area contributed by atoms with Crippen LogP contribution in [0, 0.1) is 6.92 Å². The van der Waals surface area contributed by atoms with Crippen LogP contribution in [-0.4, -0.2) is 0 Å². The fraction of sp³-hybridized carbons (Fsp3) is 0.382. The van der Waals surface area contributed by atoms with Crippen LogP contribution in [0.1, 0.15) is 82.6 Å². The molecule has 5 aromatic rings. The van der Waals surface area contributed by atoms with Crippen LogP contribution in [0.3, 0.4) is 0 Å². The van der Waals surface area contributed by atoms with Crippen molar-refractivity contribution in [3.05, 3.63) is 77.0 Å². The molecule has 1 aliphatic carbocycles. The second-order valence-electron chi connectivity index (χ2n) is 12.7. The van der Waals surface area contributed by atoms with Gasteiger partial charge in [-0.3, -0.25) is 0 Å². The van der Waals surface area contributed by atoms with Crippen molar-refractivity contribution in [2.24, 2.45) is 7.05 Å². The van der Waals surface area contributed by atoms with Crippen LogP contribution in [0.25, 0.3) is 44.0 Å². The van der Waals surface area contributed by atoms with E-state index >= 15 is 0 Å². The Bertz CT molecular complexity index is 1680. The molecule has 0 N–H and O–H groups in total. The lowest BCUT2D eigenvalue weighted by Gasteiger charge is -2.42. The lowest BCUT2D eigenvalue weighted by molar-refractivity contribution is -0.660. The van der Waals surface area contributed by atoms with E-state index in [1.54, 1.807) is 0 Å². The minimum Gasteiger partial charge on any atom is -0.455 e. The van der Waals surface area contributed by atoms with Gasteiger partial charge in [-0.2, -0.15) is 0 Å². The molecule has 2 nitrogen and oxygen atoms in total. The minimum atomic E-state index is 0.150. The Balaban J connectivity index is 1.68. The zero-order valence-electron chi connectivity index (χ0n) is 23.0. The highest BCUT2D eigenvalue weighted by atomic mass is 16.3. The van der Waals surface area contributed by atoms with Gasteiger partial charge in [-0.25, -0.2) is 4.57 Å².